The number of fused-ring (bicyclic) bond motifs is 2. The van der Waals surface area contributed by atoms with Gasteiger partial charge in [0, 0.05) is 16.5 Å². The lowest BCUT2D eigenvalue weighted by atomic mass is 9.61. The number of anilines is 1. The van der Waals surface area contributed by atoms with Crippen molar-refractivity contribution in [1.29, 1.82) is 5.26 Å². The predicted octanol–water partition coefficient (Wildman–Crippen LogP) is 7.41. The van der Waals surface area contributed by atoms with Crippen molar-refractivity contribution < 1.29 is 28.2 Å². The molecule has 2 aliphatic heterocycles. The number of hydrogen-bond donors (Lipinski definition) is 1. The van der Waals surface area contributed by atoms with E-state index in [1.807, 2.05) is 25.7 Å². The summed E-state index contributed by atoms with van der Waals surface area (Å²) in [6.45, 7) is 7.90. The molecule has 1 saturated carbocycles. The van der Waals surface area contributed by atoms with Crippen molar-refractivity contribution in [2.24, 2.45) is 11.3 Å². The monoisotopic (exact) mass is 653 g/mol. The van der Waals surface area contributed by atoms with E-state index in [-0.39, 0.29) is 38.4 Å². The third-order valence-electron chi connectivity index (χ3n) is 10.0. The molecule has 3 aliphatic rings. The molecule has 1 aliphatic carbocycles. The van der Waals surface area contributed by atoms with Gasteiger partial charge in [0.05, 0.1) is 41.2 Å². The van der Waals surface area contributed by atoms with Crippen molar-refractivity contribution in [3.8, 4) is 11.8 Å². The summed E-state index contributed by atoms with van der Waals surface area (Å²) < 4.78 is 37.9. The average Bonchev–Trinajstić information content (AvgIpc) is 3.62. The molecule has 1 spiro atoms. The normalized spacial score (nSPS) is 29.2. The van der Waals surface area contributed by atoms with Crippen molar-refractivity contribution in [1.82, 2.24) is 4.90 Å². The Labute approximate surface area is 269 Å². The Kier molecular flexibility index (Phi) is 7.24. The summed E-state index contributed by atoms with van der Waals surface area (Å²) in [6, 6.07) is 14.1. The molecule has 0 radical (unpaired) electrons. The molecular weight excluding hydrogens is 623 g/mol. The number of carbonyl (C=O) groups excluding carboxylic acids is 1. The van der Waals surface area contributed by atoms with Gasteiger partial charge in [-0.1, -0.05) is 62.2 Å². The van der Waals surface area contributed by atoms with Gasteiger partial charge >= 0.3 is 5.97 Å². The van der Waals surface area contributed by atoms with E-state index >= 15 is 8.78 Å². The predicted molar refractivity (Wildman–Crippen MR) is 166 cm³/mol. The Morgan fingerprint density at radius 1 is 1.13 bits per heavy atom. The van der Waals surface area contributed by atoms with Gasteiger partial charge in [-0.05, 0) is 66.6 Å². The topological polar surface area (TPSA) is 93.9 Å². The molecule has 45 heavy (non-hydrogen) atoms. The summed E-state index contributed by atoms with van der Waals surface area (Å²) >= 11 is 12.5. The summed E-state index contributed by atoms with van der Waals surface area (Å²) in [6.07, 6.45) is -0.281. The van der Waals surface area contributed by atoms with Crippen LogP contribution in [0.3, 0.4) is 0 Å². The minimum absolute atomic E-state index is 0.0255. The molecule has 6 atom stereocenters. The molecule has 11 heteroatoms. The average molecular weight is 655 g/mol. The number of carboxylic acids is 1. The zero-order valence-corrected chi connectivity index (χ0v) is 26.7. The molecule has 234 valence electrons. The maximum absolute atomic E-state index is 16.2. The van der Waals surface area contributed by atoms with Crippen LogP contribution in [0.5, 0.6) is 5.75 Å². The van der Waals surface area contributed by atoms with Gasteiger partial charge in [0.15, 0.2) is 0 Å². The lowest BCUT2D eigenvalue weighted by Gasteiger charge is -2.42. The molecule has 2 saturated heterocycles. The minimum atomic E-state index is -1.73. The fourth-order valence-electron chi connectivity index (χ4n) is 8.32. The number of methoxy groups -OCH3 is 1. The second kappa shape index (κ2) is 10.4. The summed E-state index contributed by atoms with van der Waals surface area (Å²) in [5.41, 5.74) is -2.88. The van der Waals surface area contributed by atoms with E-state index in [0.29, 0.717) is 12.1 Å². The molecule has 1 unspecified atom stereocenters. The fraction of sp³-hybridized carbons (Fsp3) is 0.382. The van der Waals surface area contributed by atoms with E-state index in [1.165, 1.54) is 54.5 Å². The molecule has 3 aromatic rings. The number of nitriles is 1. The summed E-state index contributed by atoms with van der Waals surface area (Å²) in [4.78, 5) is 30.0. The first-order chi connectivity index (χ1) is 21.2. The van der Waals surface area contributed by atoms with Gasteiger partial charge in [0.1, 0.15) is 28.8 Å². The van der Waals surface area contributed by atoms with E-state index in [0.717, 1.165) is 6.07 Å². The van der Waals surface area contributed by atoms with Gasteiger partial charge in [0.25, 0.3) is 0 Å². The zero-order valence-electron chi connectivity index (χ0n) is 25.2. The highest BCUT2D eigenvalue weighted by Gasteiger charge is 2.84. The first-order valence-corrected chi connectivity index (χ1v) is 15.3. The Bertz CT molecular complexity index is 1810. The molecule has 3 fully saturated rings. The largest absolute Gasteiger partial charge is 0.495 e. The van der Waals surface area contributed by atoms with Gasteiger partial charge in [-0.15, -0.1) is 0 Å². The van der Waals surface area contributed by atoms with E-state index < -0.39 is 58.0 Å². The van der Waals surface area contributed by atoms with Crippen LogP contribution in [0.25, 0.3) is 0 Å². The maximum Gasteiger partial charge on any atom is 0.335 e. The minimum Gasteiger partial charge on any atom is -0.495 e. The second-order valence-corrected chi connectivity index (χ2v) is 13.9. The third kappa shape index (κ3) is 4.15. The van der Waals surface area contributed by atoms with Crippen LogP contribution in [0.15, 0.2) is 54.6 Å². The van der Waals surface area contributed by atoms with Gasteiger partial charge in [-0.25, -0.2) is 13.6 Å². The number of halogens is 4. The van der Waals surface area contributed by atoms with Gasteiger partial charge in [-0.3, -0.25) is 14.6 Å². The van der Waals surface area contributed by atoms with Crippen molar-refractivity contribution in [3.63, 3.8) is 0 Å². The summed E-state index contributed by atoms with van der Waals surface area (Å²) in [5.74, 6) is -4.36. The number of rotatable bonds is 5. The number of hydrogen-bond acceptors (Lipinski definition) is 5. The molecular formula is C34H31Cl2F2N3O4. The van der Waals surface area contributed by atoms with Crippen molar-refractivity contribution >= 4 is 40.8 Å². The Hall–Kier alpha value is -3.71. The second-order valence-electron chi connectivity index (χ2n) is 13.1. The highest BCUT2D eigenvalue weighted by molar-refractivity contribution is 6.31. The molecule has 0 aromatic heterocycles. The number of nitrogens with zero attached hydrogens (tertiary/aromatic N) is 3. The van der Waals surface area contributed by atoms with Crippen LogP contribution < -0.4 is 9.64 Å². The van der Waals surface area contributed by atoms with E-state index in [1.54, 1.807) is 13.0 Å². The van der Waals surface area contributed by atoms with Crippen molar-refractivity contribution in [2.45, 2.75) is 63.2 Å². The third-order valence-corrected chi connectivity index (χ3v) is 10.5. The lowest BCUT2D eigenvalue weighted by molar-refractivity contribution is -0.119. The number of carbonyl (C=O) groups is 2. The summed E-state index contributed by atoms with van der Waals surface area (Å²) in [5, 5.41) is 20.9. The van der Waals surface area contributed by atoms with Crippen LogP contribution in [0, 0.1) is 34.3 Å². The van der Waals surface area contributed by atoms with Gasteiger partial charge < -0.3 is 9.84 Å². The van der Waals surface area contributed by atoms with Crippen LogP contribution in [0.2, 0.25) is 10.0 Å². The molecule has 0 bridgehead atoms. The smallest absolute Gasteiger partial charge is 0.335 e. The Morgan fingerprint density at radius 3 is 2.42 bits per heavy atom. The Balaban J connectivity index is 1.67. The zero-order chi connectivity index (χ0) is 32.8. The summed E-state index contributed by atoms with van der Waals surface area (Å²) in [7, 11) is 1.38. The standard InChI is InChI=1S/C34H31Cl2F2N3O4/c1-17-40(24-12-9-18(31(43)44)13-25(24)45-5)30(42)29-27(20-7-6-8-22(36)28(20)38)33(16-39,21-11-10-19(35)14-23(21)37)34(41(17)29)15-26(34)32(2,3)4/h6-14,17,26-27,29H,15H2,1-5H3,(H,43,44)/t17-,26+,27+,29-,33-,34?/m1/s1. The van der Waals surface area contributed by atoms with Crippen molar-refractivity contribution in [2.75, 3.05) is 12.0 Å². The maximum atomic E-state index is 16.2. The van der Waals surface area contributed by atoms with Gasteiger partial charge in [-0.2, -0.15) is 5.26 Å². The Morgan fingerprint density at radius 2 is 1.84 bits per heavy atom. The van der Waals surface area contributed by atoms with Crippen LogP contribution in [0.4, 0.5) is 14.5 Å². The number of ether oxygens (including phenoxy) is 1. The van der Waals surface area contributed by atoms with E-state index in [2.05, 4.69) is 6.07 Å². The number of carboxylic acid groups (broad SMARTS) is 1. The lowest BCUT2D eigenvalue weighted by Crippen LogP contribution is -2.54. The van der Waals surface area contributed by atoms with Crippen LogP contribution in [0.1, 0.15) is 61.5 Å². The molecule has 1 amide bonds. The van der Waals surface area contributed by atoms with Crippen LogP contribution in [-0.4, -0.2) is 46.7 Å². The number of aromatic carboxylic acids is 1. The highest BCUT2D eigenvalue weighted by Crippen LogP contribution is 2.76. The highest BCUT2D eigenvalue weighted by atomic mass is 35.5. The molecule has 2 heterocycles. The van der Waals surface area contributed by atoms with Crippen molar-refractivity contribution in [3.05, 3.63) is 93.0 Å². The quantitative estimate of drug-likeness (QED) is 0.308. The number of benzene rings is 3. The number of amides is 1. The fourth-order valence-corrected chi connectivity index (χ4v) is 8.66. The van der Waals surface area contributed by atoms with E-state index in [4.69, 9.17) is 27.9 Å². The van der Waals surface area contributed by atoms with Gasteiger partial charge in [0.2, 0.25) is 5.91 Å². The molecule has 7 nitrogen and oxygen atoms in total. The first kappa shape index (κ1) is 31.3. The molecule has 3 aromatic carbocycles. The van der Waals surface area contributed by atoms with Crippen LogP contribution in [-0.2, 0) is 10.2 Å². The first-order valence-electron chi connectivity index (χ1n) is 14.5. The van der Waals surface area contributed by atoms with Crippen LogP contribution >= 0.6 is 23.2 Å². The molecule has 6 rings (SSSR count). The SMILES string of the molecule is COc1cc(C(=O)O)ccc1N1C(=O)[C@H]2[C@H](c3cccc(Cl)c3F)[C@@](C#N)(c3ccc(Cl)cc3F)C3(C[C@H]3C(C)(C)C)N2[C@@H]1C. The molecule has 1 N–H and O–H groups in total. The van der Waals surface area contributed by atoms with E-state index in [9.17, 15) is 20.0 Å².